The molecule has 0 heterocycles. The Balaban J connectivity index is 2.38. The van der Waals surface area contributed by atoms with E-state index in [4.69, 9.17) is 4.74 Å². The Morgan fingerprint density at radius 1 is 1.27 bits per heavy atom. The van der Waals surface area contributed by atoms with Crippen LogP contribution in [0.1, 0.15) is 50.4 Å². The molecule has 0 radical (unpaired) electrons. The summed E-state index contributed by atoms with van der Waals surface area (Å²) in [6.45, 7) is 4.96. The molecule has 0 aliphatic heterocycles. The predicted octanol–water partition coefficient (Wildman–Crippen LogP) is 4.35. The van der Waals surface area contributed by atoms with Crippen LogP contribution in [-0.4, -0.2) is 31.4 Å². The molecule has 30 heavy (non-hydrogen) atoms. The third-order valence-electron chi connectivity index (χ3n) is 5.05. The fourth-order valence-electron chi connectivity index (χ4n) is 3.11. The summed E-state index contributed by atoms with van der Waals surface area (Å²) >= 11 is 0. The van der Waals surface area contributed by atoms with Crippen LogP contribution in [0.2, 0.25) is 0 Å². The predicted molar refractivity (Wildman–Crippen MR) is 110 cm³/mol. The topological polar surface area (TPSA) is 38.3 Å². The fraction of sp³-hybridized carbons (Fsp3) is 0.435. The Morgan fingerprint density at radius 3 is 2.53 bits per heavy atom. The van der Waals surface area contributed by atoms with E-state index in [1.165, 1.54) is 12.2 Å². The molecule has 1 aromatic carbocycles. The van der Waals surface area contributed by atoms with Gasteiger partial charge in [-0.05, 0) is 56.0 Å². The van der Waals surface area contributed by atoms with Crippen LogP contribution in [0, 0.1) is 0 Å². The fourth-order valence-corrected chi connectivity index (χ4v) is 3.11. The zero-order chi connectivity index (χ0) is 22.3. The number of hydrogen-bond acceptors (Lipinski definition) is 2. The first-order valence-corrected chi connectivity index (χ1v) is 9.96. The molecule has 0 bridgehead atoms. The summed E-state index contributed by atoms with van der Waals surface area (Å²) in [6.07, 6.45) is 2.14. The molecular formula is C23H27F4NO2. The van der Waals surface area contributed by atoms with Crippen molar-refractivity contribution in [2.75, 3.05) is 13.3 Å². The van der Waals surface area contributed by atoms with Gasteiger partial charge in [0, 0.05) is 16.8 Å². The molecule has 1 aliphatic carbocycles. The van der Waals surface area contributed by atoms with E-state index in [2.05, 4.69) is 5.32 Å². The van der Waals surface area contributed by atoms with Crippen molar-refractivity contribution >= 4 is 18.1 Å². The van der Waals surface area contributed by atoms with Gasteiger partial charge in [-0.2, -0.15) is 13.2 Å². The zero-order valence-corrected chi connectivity index (χ0v) is 17.4. The number of ether oxygens (including phenoxy) is 1. The van der Waals surface area contributed by atoms with E-state index < -0.39 is 18.4 Å². The SMILES string of the molecule is C/C=c1/c(OCC2=CC=C(C(F)(F)F)CC2)c(C(=O)NC(C)CC)cc/c1=C/CF. The van der Waals surface area contributed by atoms with E-state index in [1.54, 1.807) is 25.1 Å². The van der Waals surface area contributed by atoms with E-state index in [9.17, 15) is 22.4 Å². The van der Waals surface area contributed by atoms with Crippen LogP contribution in [0.3, 0.4) is 0 Å². The van der Waals surface area contributed by atoms with Gasteiger partial charge >= 0.3 is 6.18 Å². The highest BCUT2D eigenvalue weighted by Gasteiger charge is 2.33. The van der Waals surface area contributed by atoms with E-state index in [-0.39, 0.29) is 31.4 Å². The third-order valence-corrected chi connectivity index (χ3v) is 5.05. The summed E-state index contributed by atoms with van der Waals surface area (Å²) in [5, 5.41) is 4.05. The van der Waals surface area contributed by atoms with Gasteiger partial charge in [0.15, 0.2) is 0 Å². The average molecular weight is 425 g/mol. The van der Waals surface area contributed by atoms with E-state index in [1.807, 2.05) is 13.8 Å². The maximum Gasteiger partial charge on any atom is 0.412 e. The van der Waals surface area contributed by atoms with Crippen LogP contribution in [0.25, 0.3) is 12.2 Å². The highest BCUT2D eigenvalue weighted by molar-refractivity contribution is 5.97. The van der Waals surface area contributed by atoms with Crippen LogP contribution in [-0.2, 0) is 0 Å². The minimum atomic E-state index is -4.33. The number of halogens is 4. The Morgan fingerprint density at radius 2 is 2.00 bits per heavy atom. The molecule has 1 atom stereocenters. The van der Waals surface area contributed by atoms with Crippen molar-refractivity contribution in [1.29, 1.82) is 0 Å². The molecule has 0 spiro atoms. The molecule has 0 aromatic heterocycles. The molecule has 164 valence electrons. The molecule has 3 nitrogen and oxygen atoms in total. The molecule has 1 aliphatic rings. The van der Waals surface area contributed by atoms with Crippen LogP contribution in [0.5, 0.6) is 5.75 Å². The normalized spacial score (nSPS) is 16.8. The number of amides is 1. The maximum atomic E-state index is 12.9. The number of benzene rings is 1. The number of allylic oxidation sites excluding steroid dienone is 3. The quantitative estimate of drug-likeness (QED) is 0.660. The first kappa shape index (κ1) is 23.7. The molecule has 7 heteroatoms. The second kappa shape index (κ2) is 10.5. The zero-order valence-electron chi connectivity index (χ0n) is 17.4. The molecule has 1 unspecified atom stereocenters. The van der Waals surface area contributed by atoms with Crippen molar-refractivity contribution in [2.24, 2.45) is 0 Å². The summed E-state index contributed by atoms with van der Waals surface area (Å²) in [5.41, 5.74) is 0.433. The summed E-state index contributed by atoms with van der Waals surface area (Å²) in [4.78, 5) is 12.7. The highest BCUT2D eigenvalue weighted by Crippen LogP contribution is 2.32. The summed E-state index contributed by atoms with van der Waals surface area (Å²) in [6, 6.07) is 3.20. The lowest BCUT2D eigenvalue weighted by Gasteiger charge is -2.19. The monoisotopic (exact) mass is 425 g/mol. The van der Waals surface area contributed by atoms with Gasteiger partial charge in [-0.15, -0.1) is 0 Å². The number of nitrogens with one attached hydrogen (secondary N) is 1. The smallest absolute Gasteiger partial charge is 0.412 e. The van der Waals surface area contributed by atoms with Gasteiger partial charge in [0.1, 0.15) is 19.0 Å². The van der Waals surface area contributed by atoms with Crippen LogP contribution in [0.4, 0.5) is 17.6 Å². The lowest BCUT2D eigenvalue weighted by atomic mass is 9.98. The van der Waals surface area contributed by atoms with Gasteiger partial charge in [-0.3, -0.25) is 4.79 Å². The summed E-state index contributed by atoms with van der Waals surface area (Å²) < 4.78 is 57.2. The number of hydrogen-bond donors (Lipinski definition) is 1. The van der Waals surface area contributed by atoms with Crippen molar-refractivity contribution in [1.82, 2.24) is 5.32 Å². The minimum Gasteiger partial charge on any atom is -0.488 e. The Bertz CT molecular complexity index is 945. The van der Waals surface area contributed by atoms with Crippen LogP contribution >= 0.6 is 0 Å². The van der Waals surface area contributed by atoms with Gasteiger partial charge in [-0.25, -0.2) is 4.39 Å². The molecule has 1 amide bonds. The van der Waals surface area contributed by atoms with Crippen molar-refractivity contribution < 1.29 is 27.1 Å². The van der Waals surface area contributed by atoms with E-state index in [0.717, 1.165) is 12.5 Å². The number of carbonyl (C=O) groups excluding carboxylic acids is 1. The molecule has 0 saturated carbocycles. The second-order valence-corrected chi connectivity index (χ2v) is 7.18. The van der Waals surface area contributed by atoms with E-state index in [0.29, 0.717) is 27.3 Å². The summed E-state index contributed by atoms with van der Waals surface area (Å²) in [5.74, 6) is -0.0156. The highest BCUT2D eigenvalue weighted by atomic mass is 19.4. The molecule has 1 aromatic rings. The van der Waals surface area contributed by atoms with Gasteiger partial charge < -0.3 is 10.1 Å². The van der Waals surface area contributed by atoms with Crippen molar-refractivity contribution in [2.45, 2.75) is 52.3 Å². The van der Waals surface area contributed by atoms with Crippen molar-refractivity contribution in [3.63, 3.8) is 0 Å². The second-order valence-electron chi connectivity index (χ2n) is 7.18. The van der Waals surface area contributed by atoms with Crippen LogP contribution in [0.15, 0.2) is 35.4 Å². The molecule has 1 N–H and O–H groups in total. The van der Waals surface area contributed by atoms with Crippen LogP contribution < -0.4 is 20.5 Å². The molecular weight excluding hydrogens is 398 g/mol. The Labute approximate surface area is 173 Å². The van der Waals surface area contributed by atoms with Crippen molar-refractivity contribution in [3.8, 4) is 5.75 Å². The maximum absolute atomic E-state index is 12.9. The first-order chi connectivity index (χ1) is 14.2. The number of carbonyl (C=O) groups is 1. The van der Waals surface area contributed by atoms with Gasteiger partial charge in [0.05, 0.1) is 5.56 Å². The number of rotatable bonds is 7. The number of alkyl halides is 4. The standard InChI is InChI=1S/C23H27F4NO2/c1-4-15(3)28-22(29)20-11-8-17(12-13-24)19(5-2)21(20)30-14-16-6-9-18(10-7-16)23(25,26)27/h5-6,8-9,11-12,15H,4,7,10,13-14H2,1-3H3,(H,28,29)/b17-12-,19-5+. The first-order valence-electron chi connectivity index (χ1n) is 9.96. The minimum absolute atomic E-state index is 0.0385. The van der Waals surface area contributed by atoms with Gasteiger partial charge in [-0.1, -0.05) is 31.2 Å². The average Bonchev–Trinajstić information content (AvgIpc) is 2.71. The molecule has 2 rings (SSSR count). The lowest BCUT2D eigenvalue weighted by molar-refractivity contribution is -0.0941. The van der Waals surface area contributed by atoms with E-state index >= 15 is 0 Å². The van der Waals surface area contributed by atoms with Gasteiger partial charge in [0.25, 0.3) is 5.91 Å². The molecule has 0 saturated heterocycles. The summed E-state index contributed by atoms with van der Waals surface area (Å²) in [7, 11) is 0. The lowest BCUT2D eigenvalue weighted by Crippen LogP contribution is -2.35. The largest absolute Gasteiger partial charge is 0.488 e. The Hall–Kier alpha value is -2.57. The van der Waals surface area contributed by atoms with Gasteiger partial charge in [0.2, 0.25) is 0 Å². The Kier molecular flexibility index (Phi) is 8.26. The van der Waals surface area contributed by atoms with Crippen molar-refractivity contribution in [3.05, 3.63) is 51.4 Å². The third kappa shape index (κ3) is 5.97. The molecule has 0 fully saturated rings.